The molecule has 0 aliphatic carbocycles. The lowest BCUT2D eigenvalue weighted by Gasteiger charge is -2.21. The third-order valence-electron chi connectivity index (χ3n) is 3.86. The van der Waals surface area contributed by atoms with Gasteiger partial charge in [-0.15, -0.1) is 0 Å². The monoisotopic (exact) mass is 279 g/mol. The molecule has 1 unspecified atom stereocenters. The number of amidine groups is 1. The second kappa shape index (κ2) is 7.02. The Morgan fingerprint density at radius 1 is 0.857 bits per heavy atom. The second-order valence-corrected chi connectivity index (χ2v) is 5.41. The van der Waals surface area contributed by atoms with Gasteiger partial charge in [-0.1, -0.05) is 36.8 Å². The number of aliphatic imine (C=N–C) groups is 1. The van der Waals surface area contributed by atoms with Crippen LogP contribution < -0.4 is 5.32 Å². The largest absolute Gasteiger partial charge is 0.363 e. The first-order chi connectivity index (χ1) is 10.4. The fourth-order valence-electron chi connectivity index (χ4n) is 2.72. The van der Waals surface area contributed by atoms with Crippen LogP contribution in [0, 0.1) is 0 Å². The highest BCUT2D eigenvalue weighted by Gasteiger charge is 2.16. The Bertz CT molecular complexity index is 538. The first-order valence-corrected chi connectivity index (χ1v) is 7.68. The lowest BCUT2D eigenvalue weighted by atomic mass is 9.99. The summed E-state index contributed by atoms with van der Waals surface area (Å²) in [5.41, 5.74) is 2.48. The van der Waals surface area contributed by atoms with E-state index >= 15 is 0 Å². The highest BCUT2D eigenvalue weighted by Crippen LogP contribution is 2.22. The van der Waals surface area contributed by atoms with E-state index in [9.17, 15) is 0 Å². The van der Waals surface area contributed by atoms with E-state index in [-0.39, 0.29) is 6.04 Å². The molecule has 2 aromatic rings. The Balaban J connectivity index is 1.87. The van der Waals surface area contributed by atoms with Crippen molar-refractivity contribution >= 4 is 5.84 Å². The summed E-state index contributed by atoms with van der Waals surface area (Å²) >= 11 is 0. The predicted molar refractivity (Wildman–Crippen MR) is 86.4 cm³/mol. The van der Waals surface area contributed by atoms with E-state index in [1.807, 2.05) is 12.4 Å². The van der Waals surface area contributed by atoms with Crippen molar-refractivity contribution < 1.29 is 0 Å². The molecule has 0 saturated carbocycles. The van der Waals surface area contributed by atoms with E-state index in [4.69, 9.17) is 4.99 Å². The van der Waals surface area contributed by atoms with Crippen molar-refractivity contribution in [1.29, 1.82) is 0 Å². The molecule has 1 aromatic heterocycles. The van der Waals surface area contributed by atoms with Gasteiger partial charge in [-0.25, -0.2) is 0 Å². The Hall–Kier alpha value is -2.16. The Kier molecular flexibility index (Phi) is 4.62. The van der Waals surface area contributed by atoms with Gasteiger partial charge in [0.15, 0.2) is 0 Å². The molecule has 1 aliphatic rings. The van der Waals surface area contributed by atoms with Gasteiger partial charge in [-0.3, -0.25) is 9.98 Å². The standard InChI is InChI=1S/C18H21N3/c1-3-7-15(8-4-1)18(16-10-13-19-14-11-16)21-17-9-5-2-6-12-20-17/h1,3-4,7-8,10-11,13-14,18H,2,5-6,9,12H2,(H,20,21). The maximum atomic E-state index is 4.70. The first kappa shape index (κ1) is 13.8. The van der Waals surface area contributed by atoms with Crippen LogP contribution in [0.4, 0.5) is 0 Å². The van der Waals surface area contributed by atoms with Crippen molar-refractivity contribution in [3.63, 3.8) is 0 Å². The van der Waals surface area contributed by atoms with Crippen molar-refractivity contribution in [3.05, 3.63) is 66.0 Å². The number of benzene rings is 1. The van der Waals surface area contributed by atoms with Crippen molar-refractivity contribution in [1.82, 2.24) is 10.3 Å². The summed E-state index contributed by atoms with van der Waals surface area (Å²) in [5.74, 6) is 1.14. The molecule has 0 fully saturated rings. The summed E-state index contributed by atoms with van der Waals surface area (Å²) in [5, 5.41) is 3.65. The van der Waals surface area contributed by atoms with Gasteiger partial charge in [0.2, 0.25) is 0 Å². The Morgan fingerprint density at radius 3 is 2.43 bits per heavy atom. The molecule has 0 amide bonds. The van der Waals surface area contributed by atoms with Crippen LogP contribution in [-0.4, -0.2) is 17.4 Å². The van der Waals surface area contributed by atoms with E-state index in [0.717, 1.165) is 18.8 Å². The fraction of sp³-hybridized carbons (Fsp3) is 0.333. The molecule has 0 radical (unpaired) electrons. The van der Waals surface area contributed by atoms with E-state index < -0.39 is 0 Å². The van der Waals surface area contributed by atoms with Crippen LogP contribution in [0.25, 0.3) is 0 Å². The summed E-state index contributed by atoms with van der Waals surface area (Å²) in [4.78, 5) is 8.83. The van der Waals surface area contributed by atoms with Crippen LogP contribution in [0.1, 0.15) is 42.9 Å². The minimum atomic E-state index is 0.144. The number of rotatable bonds is 3. The minimum Gasteiger partial charge on any atom is -0.363 e. The molecule has 1 aromatic carbocycles. The molecule has 108 valence electrons. The second-order valence-electron chi connectivity index (χ2n) is 5.41. The topological polar surface area (TPSA) is 37.3 Å². The van der Waals surface area contributed by atoms with Gasteiger partial charge < -0.3 is 5.32 Å². The number of aromatic nitrogens is 1. The molecule has 0 saturated heterocycles. The van der Waals surface area contributed by atoms with E-state index in [1.54, 1.807) is 0 Å². The van der Waals surface area contributed by atoms with Crippen molar-refractivity contribution in [2.24, 2.45) is 4.99 Å². The van der Waals surface area contributed by atoms with Gasteiger partial charge in [-0.2, -0.15) is 0 Å². The van der Waals surface area contributed by atoms with Crippen LogP contribution in [0.2, 0.25) is 0 Å². The lowest BCUT2D eigenvalue weighted by molar-refractivity contribution is 0.716. The van der Waals surface area contributed by atoms with Crippen molar-refractivity contribution in [2.75, 3.05) is 6.54 Å². The molecular weight excluding hydrogens is 258 g/mol. The van der Waals surface area contributed by atoms with E-state index in [2.05, 4.69) is 52.8 Å². The number of nitrogens with zero attached hydrogens (tertiary/aromatic N) is 2. The molecule has 1 atom stereocenters. The summed E-state index contributed by atoms with van der Waals surface area (Å²) < 4.78 is 0. The van der Waals surface area contributed by atoms with Crippen molar-refractivity contribution in [3.8, 4) is 0 Å². The van der Waals surface area contributed by atoms with Crippen LogP contribution >= 0.6 is 0 Å². The van der Waals surface area contributed by atoms with Gasteiger partial charge in [0.25, 0.3) is 0 Å². The Morgan fingerprint density at radius 2 is 1.62 bits per heavy atom. The maximum absolute atomic E-state index is 4.70. The average Bonchev–Trinajstić information content (AvgIpc) is 2.83. The van der Waals surface area contributed by atoms with Gasteiger partial charge in [0.1, 0.15) is 0 Å². The SMILES string of the molecule is c1ccc(C(NC2=NCCCCC2)c2ccncc2)cc1. The average molecular weight is 279 g/mol. The minimum absolute atomic E-state index is 0.144. The maximum Gasteiger partial charge on any atom is 0.0970 e. The normalized spacial score (nSPS) is 16.7. The molecule has 0 bridgehead atoms. The summed E-state index contributed by atoms with van der Waals surface area (Å²) in [6, 6.07) is 14.8. The fourth-order valence-corrected chi connectivity index (χ4v) is 2.72. The molecule has 0 spiro atoms. The van der Waals surface area contributed by atoms with Gasteiger partial charge in [0.05, 0.1) is 11.9 Å². The van der Waals surface area contributed by atoms with Gasteiger partial charge in [-0.05, 0) is 36.1 Å². The zero-order chi connectivity index (χ0) is 14.3. The molecular formula is C18H21N3. The summed E-state index contributed by atoms with van der Waals surface area (Å²) in [6.07, 6.45) is 8.46. The quantitative estimate of drug-likeness (QED) is 0.929. The molecule has 3 nitrogen and oxygen atoms in total. The van der Waals surface area contributed by atoms with Gasteiger partial charge >= 0.3 is 0 Å². The van der Waals surface area contributed by atoms with Crippen LogP contribution in [0.5, 0.6) is 0 Å². The number of pyridine rings is 1. The molecule has 3 heteroatoms. The first-order valence-electron chi connectivity index (χ1n) is 7.68. The molecule has 21 heavy (non-hydrogen) atoms. The summed E-state index contributed by atoms with van der Waals surface area (Å²) in [6.45, 7) is 0.945. The number of hydrogen-bond acceptors (Lipinski definition) is 3. The third-order valence-corrected chi connectivity index (χ3v) is 3.86. The van der Waals surface area contributed by atoms with E-state index in [1.165, 1.54) is 30.4 Å². The van der Waals surface area contributed by atoms with Crippen LogP contribution in [0.3, 0.4) is 0 Å². The molecule has 1 aliphatic heterocycles. The van der Waals surface area contributed by atoms with Crippen LogP contribution in [0.15, 0.2) is 59.9 Å². The molecule has 2 heterocycles. The molecule has 1 N–H and O–H groups in total. The lowest BCUT2D eigenvalue weighted by Crippen LogP contribution is -2.29. The van der Waals surface area contributed by atoms with Gasteiger partial charge in [0, 0.05) is 25.4 Å². The third kappa shape index (κ3) is 3.69. The summed E-state index contributed by atoms with van der Waals surface area (Å²) in [7, 11) is 0. The smallest absolute Gasteiger partial charge is 0.0970 e. The Labute approximate surface area is 126 Å². The van der Waals surface area contributed by atoms with E-state index in [0.29, 0.717) is 0 Å². The highest BCUT2D eigenvalue weighted by molar-refractivity contribution is 5.83. The van der Waals surface area contributed by atoms with Crippen molar-refractivity contribution in [2.45, 2.75) is 31.7 Å². The number of hydrogen-bond donors (Lipinski definition) is 1. The number of nitrogens with one attached hydrogen (secondary N) is 1. The van der Waals surface area contributed by atoms with Crippen LogP contribution in [-0.2, 0) is 0 Å². The zero-order valence-corrected chi connectivity index (χ0v) is 12.2. The zero-order valence-electron chi connectivity index (χ0n) is 12.2. The molecule has 3 rings (SSSR count). The predicted octanol–water partition coefficient (Wildman–Crippen LogP) is 3.73. The highest BCUT2D eigenvalue weighted by atomic mass is 15.0.